The lowest BCUT2D eigenvalue weighted by molar-refractivity contribution is 0.0979. The summed E-state index contributed by atoms with van der Waals surface area (Å²) in [6.07, 6.45) is 12.1. The van der Waals surface area contributed by atoms with Gasteiger partial charge < -0.3 is 5.11 Å². The Balaban J connectivity index is 1.49. The standard InChI is InChI=1S/C27H36O2/c1-3-6-26(28)25-18-17-24(19-27(25)29)23-15-13-22(14-16-23)8-5-4-7-21-11-9-20(2)10-12-21/h13-21,29H,3-12H2,1-2H3. The van der Waals surface area contributed by atoms with Crippen molar-refractivity contribution in [3.8, 4) is 16.9 Å². The highest BCUT2D eigenvalue weighted by atomic mass is 16.3. The van der Waals surface area contributed by atoms with Crippen molar-refractivity contribution in [3.63, 3.8) is 0 Å². The zero-order chi connectivity index (χ0) is 20.6. The average molecular weight is 393 g/mol. The third-order valence-electron chi connectivity index (χ3n) is 6.53. The number of carbonyl (C=O) groups is 1. The quantitative estimate of drug-likeness (QED) is 0.353. The van der Waals surface area contributed by atoms with Gasteiger partial charge in [-0.3, -0.25) is 4.79 Å². The van der Waals surface area contributed by atoms with Crippen LogP contribution in [-0.4, -0.2) is 10.9 Å². The highest BCUT2D eigenvalue weighted by Crippen LogP contribution is 2.32. The zero-order valence-electron chi connectivity index (χ0n) is 18.1. The molecule has 0 aliphatic heterocycles. The van der Waals surface area contributed by atoms with E-state index in [9.17, 15) is 9.90 Å². The number of phenolic OH excluding ortho intramolecular Hbond substituents is 1. The van der Waals surface area contributed by atoms with E-state index in [1.807, 2.05) is 13.0 Å². The second kappa shape index (κ2) is 10.6. The van der Waals surface area contributed by atoms with Gasteiger partial charge in [-0.05, 0) is 59.9 Å². The minimum atomic E-state index is 0.00892. The van der Waals surface area contributed by atoms with Gasteiger partial charge in [0.25, 0.3) is 0 Å². The van der Waals surface area contributed by atoms with E-state index < -0.39 is 0 Å². The predicted octanol–water partition coefficient (Wildman–Crippen LogP) is 7.58. The molecule has 2 nitrogen and oxygen atoms in total. The largest absolute Gasteiger partial charge is 0.507 e. The second-order valence-corrected chi connectivity index (χ2v) is 8.97. The average Bonchev–Trinajstić information content (AvgIpc) is 2.73. The van der Waals surface area contributed by atoms with E-state index >= 15 is 0 Å². The summed E-state index contributed by atoms with van der Waals surface area (Å²) in [5, 5.41) is 10.2. The van der Waals surface area contributed by atoms with Crippen LogP contribution in [0.25, 0.3) is 11.1 Å². The molecule has 2 heteroatoms. The molecule has 0 saturated heterocycles. The van der Waals surface area contributed by atoms with Crippen LogP contribution in [0.15, 0.2) is 42.5 Å². The van der Waals surface area contributed by atoms with Gasteiger partial charge >= 0.3 is 0 Å². The van der Waals surface area contributed by atoms with Crippen molar-refractivity contribution < 1.29 is 9.90 Å². The monoisotopic (exact) mass is 392 g/mol. The third kappa shape index (κ3) is 6.19. The number of hydrogen-bond donors (Lipinski definition) is 1. The zero-order valence-corrected chi connectivity index (χ0v) is 18.1. The number of aryl methyl sites for hydroxylation is 1. The lowest BCUT2D eigenvalue weighted by atomic mass is 9.80. The molecule has 0 aromatic heterocycles. The van der Waals surface area contributed by atoms with Crippen molar-refractivity contribution in [3.05, 3.63) is 53.6 Å². The Kier molecular flexibility index (Phi) is 7.91. The van der Waals surface area contributed by atoms with Crippen molar-refractivity contribution in [2.75, 3.05) is 0 Å². The molecule has 0 bridgehead atoms. The summed E-state index contributed by atoms with van der Waals surface area (Å²) in [6.45, 7) is 4.36. The maximum atomic E-state index is 12.0. The van der Waals surface area contributed by atoms with E-state index in [1.165, 1.54) is 50.5 Å². The molecular formula is C27H36O2. The molecule has 156 valence electrons. The molecule has 2 aromatic carbocycles. The van der Waals surface area contributed by atoms with E-state index in [0.29, 0.717) is 12.0 Å². The number of rotatable bonds is 9. The molecule has 0 unspecified atom stereocenters. The third-order valence-corrected chi connectivity index (χ3v) is 6.53. The Morgan fingerprint density at radius 1 is 0.966 bits per heavy atom. The van der Waals surface area contributed by atoms with E-state index in [4.69, 9.17) is 0 Å². The summed E-state index contributed by atoms with van der Waals surface area (Å²) in [7, 11) is 0. The minimum Gasteiger partial charge on any atom is -0.507 e. The molecule has 0 spiro atoms. The lowest BCUT2D eigenvalue weighted by Crippen LogP contribution is -2.12. The molecule has 1 aliphatic carbocycles. The molecule has 0 radical (unpaired) electrons. The van der Waals surface area contributed by atoms with E-state index in [0.717, 1.165) is 35.8 Å². The Bertz CT molecular complexity index is 783. The molecule has 0 atom stereocenters. The number of phenols is 1. The van der Waals surface area contributed by atoms with Crippen LogP contribution >= 0.6 is 0 Å². The molecule has 0 heterocycles. The van der Waals surface area contributed by atoms with Crippen LogP contribution in [0.4, 0.5) is 0 Å². The SMILES string of the molecule is CCCC(=O)c1ccc(-c2ccc(CCCCC3CCC(C)CC3)cc2)cc1O. The summed E-state index contributed by atoms with van der Waals surface area (Å²) >= 11 is 0. The number of Topliss-reactive ketones (excluding diaryl/α,β-unsaturated/α-hetero) is 1. The normalized spacial score (nSPS) is 19.2. The molecule has 0 amide bonds. The minimum absolute atomic E-state index is 0.00892. The van der Waals surface area contributed by atoms with Crippen molar-refractivity contribution in [2.24, 2.45) is 11.8 Å². The summed E-state index contributed by atoms with van der Waals surface area (Å²) in [5.74, 6) is 2.00. The summed E-state index contributed by atoms with van der Waals surface area (Å²) < 4.78 is 0. The Labute approximate surface area is 176 Å². The smallest absolute Gasteiger partial charge is 0.166 e. The van der Waals surface area contributed by atoms with Gasteiger partial charge in [0.15, 0.2) is 5.78 Å². The topological polar surface area (TPSA) is 37.3 Å². The maximum absolute atomic E-state index is 12.0. The first kappa shape index (κ1) is 21.6. The Hall–Kier alpha value is -2.09. The van der Waals surface area contributed by atoms with Gasteiger partial charge in [-0.1, -0.05) is 82.7 Å². The van der Waals surface area contributed by atoms with Crippen LogP contribution < -0.4 is 0 Å². The number of unbranched alkanes of at least 4 members (excludes halogenated alkanes) is 1. The number of ketones is 1. The van der Waals surface area contributed by atoms with Crippen LogP contribution in [0, 0.1) is 11.8 Å². The van der Waals surface area contributed by atoms with Crippen LogP contribution in [0.5, 0.6) is 5.75 Å². The van der Waals surface area contributed by atoms with Gasteiger partial charge in [0.1, 0.15) is 5.75 Å². The van der Waals surface area contributed by atoms with E-state index in [2.05, 4.69) is 31.2 Å². The first-order chi connectivity index (χ1) is 14.1. The van der Waals surface area contributed by atoms with Gasteiger partial charge in [0.2, 0.25) is 0 Å². The van der Waals surface area contributed by atoms with Crippen LogP contribution in [0.1, 0.15) is 87.6 Å². The molecule has 1 aliphatic rings. The van der Waals surface area contributed by atoms with Gasteiger partial charge in [0, 0.05) is 6.42 Å². The Morgan fingerprint density at radius 3 is 2.31 bits per heavy atom. The molecule has 29 heavy (non-hydrogen) atoms. The second-order valence-electron chi connectivity index (χ2n) is 8.97. The lowest BCUT2D eigenvalue weighted by Gasteiger charge is -2.26. The molecule has 3 rings (SSSR count). The summed E-state index contributed by atoms with van der Waals surface area (Å²) in [6, 6.07) is 14.0. The maximum Gasteiger partial charge on any atom is 0.166 e. The molecule has 1 fully saturated rings. The van der Waals surface area contributed by atoms with E-state index in [-0.39, 0.29) is 11.5 Å². The van der Waals surface area contributed by atoms with Gasteiger partial charge in [-0.25, -0.2) is 0 Å². The van der Waals surface area contributed by atoms with Crippen molar-refractivity contribution in [2.45, 2.75) is 78.1 Å². The van der Waals surface area contributed by atoms with Gasteiger partial charge in [-0.15, -0.1) is 0 Å². The number of benzene rings is 2. The predicted molar refractivity (Wildman–Crippen MR) is 121 cm³/mol. The van der Waals surface area contributed by atoms with Crippen LogP contribution in [-0.2, 0) is 6.42 Å². The first-order valence-electron chi connectivity index (χ1n) is 11.5. The van der Waals surface area contributed by atoms with E-state index in [1.54, 1.807) is 12.1 Å². The molecule has 1 saturated carbocycles. The summed E-state index contributed by atoms with van der Waals surface area (Å²) in [5.41, 5.74) is 3.84. The fourth-order valence-electron chi connectivity index (χ4n) is 4.55. The van der Waals surface area contributed by atoms with Gasteiger partial charge in [-0.2, -0.15) is 0 Å². The highest BCUT2D eigenvalue weighted by Gasteiger charge is 2.17. The van der Waals surface area contributed by atoms with Crippen LogP contribution in [0.3, 0.4) is 0 Å². The van der Waals surface area contributed by atoms with Crippen molar-refractivity contribution in [1.29, 1.82) is 0 Å². The highest BCUT2D eigenvalue weighted by molar-refractivity contribution is 5.99. The fraction of sp³-hybridized carbons (Fsp3) is 0.519. The number of hydrogen-bond acceptors (Lipinski definition) is 2. The fourth-order valence-corrected chi connectivity index (χ4v) is 4.55. The van der Waals surface area contributed by atoms with Gasteiger partial charge in [0.05, 0.1) is 5.56 Å². The molecular weight excluding hydrogens is 356 g/mol. The van der Waals surface area contributed by atoms with Crippen molar-refractivity contribution >= 4 is 5.78 Å². The number of aromatic hydroxyl groups is 1. The van der Waals surface area contributed by atoms with Crippen molar-refractivity contribution in [1.82, 2.24) is 0 Å². The molecule has 1 N–H and O–H groups in total. The first-order valence-corrected chi connectivity index (χ1v) is 11.5. The molecule has 2 aromatic rings. The van der Waals surface area contributed by atoms with Crippen LogP contribution in [0.2, 0.25) is 0 Å². The number of carbonyl (C=O) groups excluding carboxylic acids is 1. The summed E-state index contributed by atoms with van der Waals surface area (Å²) in [4.78, 5) is 12.0. The Morgan fingerprint density at radius 2 is 1.66 bits per heavy atom.